The summed E-state index contributed by atoms with van der Waals surface area (Å²) in [5, 5.41) is 3.40. The third-order valence-corrected chi connectivity index (χ3v) is 3.30. The number of hydrogen-bond acceptors (Lipinski definition) is 3. The van der Waals surface area contributed by atoms with E-state index < -0.39 is 0 Å². The van der Waals surface area contributed by atoms with Crippen LogP contribution in [0.25, 0.3) is 0 Å². The van der Waals surface area contributed by atoms with Crippen LogP contribution in [0.15, 0.2) is 18.2 Å². The zero-order valence-electron chi connectivity index (χ0n) is 9.53. The number of rotatable bonds is 3. The summed E-state index contributed by atoms with van der Waals surface area (Å²) in [4.78, 5) is 0. The minimum Gasteiger partial charge on any atom is -0.384 e. The van der Waals surface area contributed by atoms with E-state index in [-0.39, 0.29) is 12.6 Å². The molecule has 1 N–H and O–H groups in total. The third-order valence-electron chi connectivity index (χ3n) is 3.30. The second-order valence-electron chi connectivity index (χ2n) is 4.43. The molecule has 0 unspecified atom stereocenters. The summed E-state index contributed by atoms with van der Waals surface area (Å²) in [5.41, 5.74) is 4.23. The van der Waals surface area contributed by atoms with E-state index in [0.717, 1.165) is 25.8 Å². The van der Waals surface area contributed by atoms with Crippen LogP contribution in [0.3, 0.4) is 0 Å². The van der Waals surface area contributed by atoms with E-state index in [2.05, 4.69) is 23.5 Å². The van der Waals surface area contributed by atoms with E-state index in [1.807, 2.05) is 6.92 Å². The lowest BCUT2D eigenvalue weighted by Gasteiger charge is -2.33. The summed E-state index contributed by atoms with van der Waals surface area (Å²) in [6.07, 6.45) is 3.16. The molecule has 1 aromatic carbocycles. The van der Waals surface area contributed by atoms with Crippen LogP contribution < -0.4 is 5.32 Å². The first-order valence-electron chi connectivity index (χ1n) is 5.98. The molecular weight excluding hydrogens is 202 g/mol. The van der Waals surface area contributed by atoms with Crippen molar-refractivity contribution in [3.63, 3.8) is 0 Å². The highest BCUT2D eigenvalue weighted by molar-refractivity contribution is 5.58. The van der Waals surface area contributed by atoms with Crippen LogP contribution in [0, 0.1) is 0 Å². The molecule has 3 nitrogen and oxygen atoms in total. The smallest absolute Gasteiger partial charge is 0.164 e. The van der Waals surface area contributed by atoms with Crippen molar-refractivity contribution in [2.45, 2.75) is 38.8 Å². The van der Waals surface area contributed by atoms with Gasteiger partial charge in [0.15, 0.2) is 12.6 Å². The number of fused-ring (bicyclic) bond motifs is 1. The van der Waals surface area contributed by atoms with E-state index in [0.29, 0.717) is 0 Å². The molecule has 16 heavy (non-hydrogen) atoms. The molecule has 1 aromatic rings. The van der Waals surface area contributed by atoms with E-state index in [1.165, 1.54) is 16.8 Å². The normalized spacial score (nSPS) is 27.1. The summed E-state index contributed by atoms with van der Waals surface area (Å²) in [6.45, 7) is 3.00. The number of anilines is 1. The summed E-state index contributed by atoms with van der Waals surface area (Å²) >= 11 is 0. The van der Waals surface area contributed by atoms with Crippen LogP contribution in [-0.4, -0.2) is 19.1 Å². The van der Waals surface area contributed by atoms with E-state index in [4.69, 9.17) is 9.47 Å². The monoisotopic (exact) mass is 219 g/mol. The highest BCUT2D eigenvalue weighted by Crippen LogP contribution is 2.28. The maximum Gasteiger partial charge on any atom is 0.164 e. The Kier molecular flexibility index (Phi) is 2.58. The molecule has 86 valence electrons. The van der Waals surface area contributed by atoms with Crippen molar-refractivity contribution in [3.8, 4) is 0 Å². The predicted molar refractivity (Wildman–Crippen MR) is 62.4 cm³/mol. The number of hydrogen-bond donors (Lipinski definition) is 1. The minimum atomic E-state index is -0.00634. The molecule has 2 heterocycles. The van der Waals surface area contributed by atoms with Gasteiger partial charge in [0.25, 0.3) is 0 Å². The maximum absolute atomic E-state index is 5.44. The molecule has 3 rings (SSSR count). The highest BCUT2D eigenvalue weighted by Gasteiger charge is 2.26. The average Bonchev–Trinajstić information content (AvgIpc) is 2.71. The SMILES string of the molecule is CC1OC(CCc2cccc3c2CCN3)O1. The highest BCUT2D eigenvalue weighted by atomic mass is 16.9. The number of benzene rings is 1. The quantitative estimate of drug-likeness (QED) is 0.846. The second-order valence-corrected chi connectivity index (χ2v) is 4.43. The lowest BCUT2D eigenvalue weighted by molar-refractivity contribution is -0.376. The Bertz CT molecular complexity index is 386. The molecule has 0 spiro atoms. The molecule has 3 heteroatoms. The molecule has 0 atom stereocenters. The van der Waals surface area contributed by atoms with Gasteiger partial charge >= 0.3 is 0 Å². The van der Waals surface area contributed by atoms with Gasteiger partial charge in [-0.2, -0.15) is 0 Å². The van der Waals surface area contributed by atoms with E-state index in [9.17, 15) is 0 Å². The molecule has 0 aliphatic carbocycles. The van der Waals surface area contributed by atoms with Gasteiger partial charge in [-0.3, -0.25) is 0 Å². The Labute approximate surface area is 95.8 Å². The minimum absolute atomic E-state index is 0.00634. The summed E-state index contributed by atoms with van der Waals surface area (Å²) in [6, 6.07) is 6.50. The second kappa shape index (κ2) is 4.07. The van der Waals surface area contributed by atoms with Crippen LogP contribution >= 0.6 is 0 Å². The van der Waals surface area contributed by atoms with Crippen LogP contribution in [0.2, 0.25) is 0 Å². The van der Waals surface area contributed by atoms with Gasteiger partial charge in [0.1, 0.15) is 0 Å². The third kappa shape index (κ3) is 1.81. The fourth-order valence-corrected chi connectivity index (χ4v) is 2.50. The number of nitrogens with one attached hydrogen (secondary N) is 1. The zero-order chi connectivity index (χ0) is 11.0. The van der Waals surface area contributed by atoms with Gasteiger partial charge in [0.05, 0.1) is 0 Å². The first-order valence-corrected chi connectivity index (χ1v) is 5.98. The first-order chi connectivity index (χ1) is 7.83. The Morgan fingerprint density at radius 3 is 3.06 bits per heavy atom. The fourth-order valence-electron chi connectivity index (χ4n) is 2.50. The molecule has 0 saturated carbocycles. The molecule has 2 aliphatic heterocycles. The van der Waals surface area contributed by atoms with Crippen molar-refractivity contribution < 1.29 is 9.47 Å². The molecule has 2 aliphatic rings. The van der Waals surface area contributed by atoms with Crippen molar-refractivity contribution in [2.24, 2.45) is 0 Å². The lowest BCUT2D eigenvalue weighted by Crippen LogP contribution is -2.38. The van der Waals surface area contributed by atoms with Crippen molar-refractivity contribution in [1.29, 1.82) is 0 Å². The first kappa shape index (κ1) is 10.1. The van der Waals surface area contributed by atoms with Gasteiger partial charge in [0, 0.05) is 18.7 Å². The van der Waals surface area contributed by atoms with Gasteiger partial charge < -0.3 is 14.8 Å². The van der Waals surface area contributed by atoms with Crippen molar-refractivity contribution in [3.05, 3.63) is 29.3 Å². The lowest BCUT2D eigenvalue weighted by atomic mass is 10.0. The summed E-state index contributed by atoms with van der Waals surface area (Å²) in [7, 11) is 0. The van der Waals surface area contributed by atoms with Gasteiger partial charge in [-0.25, -0.2) is 0 Å². The van der Waals surface area contributed by atoms with Crippen molar-refractivity contribution >= 4 is 5.69 Å². The molecule has 0 bridgehead atoms. The van der Waals surface area contributed by atoms with E-state index >= 15 is 0 Å². The van der Waals surface area contributed by atoms with Gasteiger partial charge in [-0.15, -0.1) is 0 Å². The largest absolute Gasteiger partial charge is 0.384 e. The molecule has 0 amide bonds. The standard InChI is InChI=1S/C13H17NO2/c1-9-15-13(16-9)6-5-10-3-2-4-12-11(10)7-8-14-12/h2-4,9,13-14H,5-8H2,1H3. The Balaban J connectivity index is 1.64. The van der Waals surface area contributed by atoms with Gasteiger partial charge in [-0.05, 0) is 37.0 Å². The fraction of sp³-hybridized carbons (Fsp3) is 0.538. The van der Waals surface area contributed by atoms with E-state index in [1.54, 1.807) is 0 Å². The number of ether oxygens (including phenoxy) is 2. The van der Waals surface area contributed by atoms with Gasteiger partial charge in [-0.1, -0.05) is 12.1 Å². The molecule has 0 radical (unpaired) electrons. The van der Waals surface area contributed by atoms with Gasteiger partial charge in [0.2, 0.25) is 0 Å². The summed E-state index contributed by atoms with van der Waals surface area (Å²) < 4.78 is 10.9. The molecular formula is C13H17NO2. The van der Waals surface area contributed by atoms with Crippen LogP contribution in [-0.2, 0) is 22.3 Å². The topological polar surface area (TPSA) is 30.5 Å². The van der Waals surface area contributed by atoms with Crippen LogP contribution in [0.5, 0.6) is 0 Å². The number of aryl methyl sites for hydroxylation is 1. The Morgan fingerprint density at radius 2 is 2.25 bits per heavy atom. The van der Waals surface area contributed by atoms with Crippen LogP contribution in [0.1, 0.15) is 24.5 Å². The molecule has 1 saturated heterocycles. The average molecular weight is 219 g/mol. The van der Waals surface area contributed by atoms with Crippen LogP contribution in [0.4, 0.5) is 5.69 Å². The molecule has 1 fully saturated rings. The zero-order valence-corrected chi connectivity index (χ0v) is 9.53. The van der Waals surface area contributed by atoms with Crippen molar-refractivity contribution in [1.82, 2.24) is 0 Å². The Morgan fingerprint density at radius 1 is 1.38 bits per heavy atom. The summed E-state index contributed by atoms with van der Waals surface area (Å²) in [5.74, 6) is 0. The van der Waals surface area contributed by atoms with Crippen molar-refractivity contribution in [2.75, 3.05) is 11.9 Å². The Hall–Kier alpha value is -1.06. The predicted octanol–water partition coefficient (Wildman–Crippen LogP) is 2.31. The maximum atomic E-state index is 5.44. The molecule has 0 aromatic heterocycles.